The fraction of sp³-hybridized carbons (Fsp3) is 0.0588. The summed E-state index contributed by atoms with van der Waals surface area (Å²) in [6.45, 7) is 1.64. The van der Waals surface area contributed by atoms with Gasteiger partial charge in [0.1, 0.15) is 16.8 Å². The number of pyridine rings is 1. The molecule has 0 radical (unpaired) electrons. The van der Waals surface area contributed by atoms with Gasteiger partial charge < -0.3 is 5.11 Å². The van der Waals surface area contributed by atoms with Gasteiger partial charge >= 0.3 is 5.97 Å². The van der Waals surface area contributed by atoms with Gasteiger partial charge in [0.25, 0.3) is 0 Å². The third-order valence-electron chi connectivity index (χ3n) is 3.48. The minimum Gasteiger partial charge on any atom is -0.478 e. The number of aryl methyl sites for hydroxylation is 1. The van der Waals surface area contributed by atoms with E-state index in [0.717, 1.165) is 11.8 Å². The topological polar surface area (TPSA) is 91.8 Å². The molecule has 2 aromatic heterocycles. The van der Waals surface area contributed by atoms with Crippen LogP contribution in [-0.2, 0) is 0 Å². The normalized spacial score (nSPS) is 10.5. The van der Waals surface area contributed by atoms with Crippen LogP contribution in [0.3, 0.4) is 0 Å². The predicted octanol–water partition coefficient (Wildman–Crippen LogP) is 4.60. The number of aromatic carboxylic acids is 1. The molecule has 3 rings (SSSR count). The highest BCUT2D eigenvalue weighted by Crippen LogP contribution is 2.33. The Morgan fingerprint density at radius 3 is 2.77 bits per heavy atom. The van der Waals surface area contributed by atoms with Crippen LogP contribution in [0.4, 0.5) is 0 Å². The molecule has 0 aliphatic heterocycles. The molecular formula is C17H10Cl2N4O2S. The number of carboxylic acids is 1. The number of aromatic nitrogens is 3. The van der Waals surface area contributed by atoms with Crippen LogP contribution in [0.25, 0.3) is 5.69 Å². The number of halogens is 2. The van der Waals surface area contributed by atoms with Crippen LogP contribution in [0.1, 0.15) is 21.6 Å². The molecule has 0 saturated heterocycles. The molecule has 0 aliphatic carbocycles. The smallest absolute Gasteiger partial charge is 0.338 e. The summed E-state index contributed by atoms with van der Waals surface area (Å²) < 4.78 is 1.70. The van der Waals surface area contributed by atoms with E-state index in [2.05, 4.69) is 9.97 Å². The summed E-state index contributed by atoms with van der Waals surface area (Å²) in [5.41, 5.74) is 1.31. The molecule has 0 unspecified atom stereocenters. The lowest BCUT2D eigenvalue weighted by atomic mass is 10.1. The first-order valence-electron chi connectivity index (χ1n) is 7.22. The first-order chi connectivity index (χ1) is 12.4. The van der Waals surface area contributed by atoms with Crippen molar-refractivity contribution in [2.24, 2.45) is 0 Å². The Labute approximate surface area is 163 Å². The maximum absolute atomic E-state index is 11.5. The molecule has 0 fully saturated rings. The van der Waals surface area contributed by atoms with E-state index in [9.17, 15) is 15.2 Å². The van der Waals surface area contributed by atoms with Crippen molar-refractivity contribution in [1.82, 2.24) is 14.5 Å². The van der Waals surface area contributed by atoms with Crippen molar-refractivity contribution in [3.8, 4) is 11.8 Å². The van der Waals surface area contributed by atoms with E-state index in [1.807, 2.05) is 6.07 Å². The molecule has 2 heterocycles. The summed E-state index contributed by atoms with van der Waals surface area (Å²) in [7, 11) is 0. The lowest BCUT2D eigenvalue weighted by Gasteiger charge is -2.11. The molecular weight excluding hydrogens is 395 g/mol. The Bertz CT molecular complexity index is 1060. The second kappa shape index (κ2) is 7.38. The number of carboxylic acid groups (broad SMARTS) is 1. The standard InChI is InChI=1S/C17H10Cl2N4O2S/c1-9-6-11(16(24)25)15(22-13(9)8-20)26-17-21-4-5-23(17)14-3-2-10(18)7-12(14)19/h2-7H,1H3,(H,24,25). The fourth-order valence-electron chi connectivity index (χ4n) is 2.25. The Morgan fingerprint density at radius 2 is 2.12 bits per heavy atom. The zero-order valence-electron chi connectivity index (χ0n) is 13.3. The number of nitrogens with zero attached hydrogens (tertiary/aromatic N) is 4. The van der Waals surface area contributed by atoms with Gasteiger partial charge in [0.2, 0.25) is 0 Å². The van der Waals surface area contributed by atoms with E-state index in [0.29, 0.717) is 26.5 Å². The summed E-state index contributed by atoms with van der Waals surface area (Å²) in [5, 5.41) is 20.2. The zero-order valence-corrected chi connectivity index (χ0v) is 15.6. The highest BCUT2D eigenvalue weighted by atomic mass is 35.5. The van der Waals surface area contributed by atoms with E-state index in [1.165, 1.54) is 6.07 Å². The average Bonchev–Trinajstić information content (AvgIpc) is 3.03. The number of nitriles is 1. The monoisotopic (exact) mass is 404 g/mol. The lowest BCUT2D eigenvalue weighted by Crippen LogP contribution is -2.05. The molecule has 0 spiro atoms. The van der Waals surface area contributed by atoms with Crippen LogP contribution in [0.2, 0.25) is 10.0 Å². The fourth-order valence-corrected chi connectivity index (χ4v) is 3.69. The Kier molecular flexibility index (Phi) is 5.18. The van der Waals surface area contributed by atoms with Gasteiger partial charge in [-0.1, -0.05) is 23.2 Å². The summed E-state index contributed by atoms with van der Waals surface area (Å²) in [5.74, 6) is -1.13. The predicted molar refractivity (Wildman–Crippen MR) is 98.4 cm³/mol. The summed E-state index contributed by atoms with van der Waals surface area (Å²) >= 11 is 13.2. The van der Waals surface area contributed by atoms with Gasteiger partial charge in [-0.05, 0) is 48.5 Å². The summed E-state index contributed by atoms with van der Waals surface area (Å²) in [6, 6.07) is 8.42. The summed E-state index contributed by atoms with van der Waals surface area (Å²) in [6.07, 6.45) is 3.25. The van der Waals surface area contributed by atoms with E-state index in [4.69, 9.17) is 23.2 Å². The number of benzene rings is 1. The number of rotatable bonds is 4. The Hall–Kier alpha value is -2.53. The first-order valence-corrected chi connectivity index (χ1v) is 8.79. The van der Waals surface area contributed by atoms with Gasteiger partial charge in [-0.15, -0.1) is 0 Å². The Morgan fingerprint density at radius 1 is 1.35 bits per heavy atom. The van der Waals surface area contributed by atoms with Crippen LogP contribution in [0, 0.1) is 18.3 Å². The van der Waals surface area contributed by atoms with E-state index in [-0.39, 0.29) is 16.3 Å². The zero-order chi connectivity index (χ0) is 18.8. The quantitative estimate of drug-likeness (QED) is 0.682. The molecule has 6 nitrogen and oxygen atoms in total. The molecule has 0 saturated carbocycles. The molecule has 0 atom stereocenters. The SMILES string of the molecule is Cc1cc(C(=O)O)c(Sc2nccn2-c2ccc(Cl)cc2Cl)nc1C#N. The number of hydrogen-bond acceptors (Lipinski definition) is 5. The van der Waals surface area contributed by atoms with Crippen molar-refractivity contribution in [2.45, 2.75) is 17.1 Å². The van der Waals surface area contributed by atoms with Gasteiger partial charge in [0.15, 0.2) is 5.16 Å². The van der Waals surface area contributed by atoms with Gasteiger partial charge in [-0.25, -0.2) is 14.8 Å². The van der Waals surface area contributed by atoms with Crippen LogP contribution >= 0.6 is 35.0 Å². The molecule has 3 aromatic rings. The molecule has 1 aromatic carbocycles. The van der Waals surface area contributed by atoms with Gasteiger partial charge in [0, 0.05) is 17.4 Å². The van der Waals surface area contributed by atoms with Crippen LogP contribution in [0.15, 0.2) is 46.8 Å². The molecule has 0 bridgehead atoms. The molecule has 130 valence electrons. The number of hydrogen-bond donors (Lipinski definition) is 1. The second-order valence-corrected chi connectivity index (χ2v) is 7.00. The van der Waals surface area contributed by atoms with Crippen molar-refractivity contribution in [2.75, 3.05) is 0 Å². The van der Waals surface area contributed by atoms with Crippen LogP contribution in [-0.4, -0.2) is 25.6 Å². The highest BCUT2D eigenvalue weighted by Gasteiger charge is 2.19. The van der Waals surface area contributed by atoms with Crippen molar-refractivity contribution in [3.63, 3.8) is 0 Å². The van der Waals surface area contributed by atoms with E-state index < -0.39 is 5.97 Å². The molecule has 26 heavy (non-hydrogen) atoms. The molecule has 0 aliphatic rings. The van der Waals surface area contributed by atoms with Crippen molar-refractivity contribution >= 4 is 40.9 Å². The number of carbonyl (C=O) groups is 1. The third-order valence-corrected chi connectivity index (χ3v) is 5.01. The van der Waals surface area contributed by atoms with E-state index in [1.54, 1.807) is 42.1 Å². The Balaban J connectivity index is 2.08. The highest BCUT2D eigenvalue weighted by molar-refractivity contribution is 7.99. The second-order valence-electron chi connectivity index (χ2n) is 5.20. The van der Waals surface area contributed by atoms with Crippen molar-refractivity contribution in [1.29, 1.82) is 5.26 Å². The van der Waals surface area contributed by atoms with Crippen molar-refractivity contribution < 1.29 is 9.90 Å². The first kappa shape index (κ1) is 18.3. The average molecular weight is 405 g/mol. The summed E-state index contributed by atoms with van der Waals surface area (Å²) in [4.78, 5) is 20.0. The van der Waals surface area contributed by atoms with Crippen LogP contribution < -0.4 is 0 Å². The lowest BCUT2D eigenvalue weighted by molar-refractivity contribution is 0.0692. The third kappa shape index (κ3) is 3.53. The van der Waals surface area contributed by atoms with Gasteiger partial charge in [-0.2, -0.15) is 5.26 Å². The molecule has 9 heteroatoms. The maximum atomic E-state index is 11.5. The largest absolute Gasteiger partial charge is 0.478 e. The maximum Gasteiger partial charge on any atom is 0.338 e. The van der Waals surface area contributed by atoms with Gasteiger partial charge in [0.05, 0.1) is 16.3 Å². The number of imidazole rings is 1. The van der Waals surface area contributed by atoms with Crippen LogP contribution in [0.5, 0.6) is 0 Å². The van der Waals surface area contributed by atoms with E-state index >= 15 is 0 Å². The van der Waals surface area contributed by atoms with Gasteiger partial charge in [-0.3, -0.25) is 4.57 Å². The minimum absolute atomic E-state index is 0.00301. The van der Waals surface area contributed by atoms with Crippen molar-refractivity contribution in [3.05, 3.63) is 63.5 Å². The molecule has 0 amide bonds. The minimum atomic E-state index is -1.13. The molecule has 1 N–H and O–H groups in total.